The Morgan fingerprint density at radius 3 is 2.70 bits per heavy atom. The van der Waals surface area contributed by atoms with Gasteiger partial charge in [-0.3, -0.25) is 14.2 Å². The molecule has 7 heteroatoms. The number of aryl methyl sites for hydroxylation is 1. The zero-order chi connectivity index (χ0) is 20.7. The van der Waals surface area contributed by atoms with Crippen LogP contribution in [0.2, 0.25) is 0 Å². The fourth-order valence-corrected chi connectivity index (χ4v) is 4.10. The number of carbonyl (C=O) groups is 1. The Labute approximate surface area is 176 Å². The smallest absolute Gasteiger partial charge is 0.257 e. The highest BCUT2D eigenvalue weighted by Crippen LogP contribution is 2.25. The second-order valence-electron chi connectivity index (χ2n) is 6.93. The largest absolute Gasteiger partial charge is 0.497 e. The average molecular weight is 414 g/mol. The number of nitrogens with one attached hydrogen (secondary N) is 1. The number of amides is 1. The lowest BCUT2D eigenvalue weighted by Crippen LogP contribution is -2.14. The molecule has 1 amide bonds. The quantitative estimate of drug-likeness (QED) is 0.440. The summed E-state index contributed by atoms with van der Waals surface area (Å²) < 4.78 is 7.28. The first-order valence-electron chi connectivity index (χ1n) is 9.40. The molecule has 5 rings (SSSR count). The van der Waals surface area contributed by atoms with E-state index in [-0.39, 0.29) is 5.91 Å². The number of ether oxygens (including phenoxy) is 1. The zero-order valence-electron chi connectivity index (χ0n) is 16.4. The molecule has 0 atom stereocenters. The zero-order valence-corrected chi connectivity index (χ0v) is 17.2. The van der Waals surface area contributed by atoms with Crippen LogP contribution in [0.15, 0.2) is 66.3 Å². The van der Waals surface area contributed by atoms with Crippen molar-refractivity contribution < 1.29 is 9.53 Å². The molecule has 3 heterocycles. The van der Waals surface area contributed by atoms with Crippen molar-refractivity contribution >= 4 is 38.8 Å². The molecule has 3 aromatic heterocycles. The number of fused-ring (bicyclic) bond motifs is 2. The van der Waals surface area contributed by atoms with E-state index in [2.05, 4.69) is 15.3 Å². The van der Waals surface area contributed by atoms with E-state index in [1.165, 1.54) is 0 Å². The summed E-state index contributed by atoms with van der Waals surface area (Å²) in [5.41, 5.74) is 4.67. The Hall–Kier alpha value is -3.71. The standard InChI is InChI=1S/C23H18N4O2S/c1-14-19(12-16-11-18(29-2)7-8-20(16)24-14)22(28)25-17-5-3-15(4-6-17)21-13-27-9-10-30-23(27)26-21/h3-13H,1-2H3,(H,25,28). The number of methoxy groups -OCH3 is 1. The van der Waals surface area contributed by atoms with Crippen molar-refractivity contribution in [3.05, 3.63) is 77.6 Å². The number of hydrogen-bond donors (Lipinski definition) is 1. The van der Waals surface area contributed by atoms with Crippen LogP contribution < -0.4 is 10.1 Å². The summed E-state index contributed by atoms with van der Waals surface area (Å²) in [6, 6.07) is 15.2. The van der Waals surface area contributed by atoms with Crippen molar-refractivity contribution in [1.29, 1.82) is 0 Å². The normalized spacial score (nSPS) is 11.1. The van der Waals surface area contributed by atoms with Crippen LogP contribution in [-0.2, 0) is 0 Å². The van der Waals surface area contributed by atoms with Crippen LogP contribution in [0.4, 0.5) is 5.69 Å². The number of imidazole rings is 1. The molecule has 0 unspecified atom stereocenters. The van der Waals surface area contributed by atoms with Crippen LogP contribution >= 0.6 is 11.3 Å². The van der Waals surface area contributed by atoms with E-state index in [9.17, 15) is 4.79 Å². The molecule has 30 heavy (non-hydrogen) atoms. The van der Waals surface area contributed by atoms with E-state index in [0.29, 0.717) is 11.3 Å². The van der Waals surface area contributed by atoms with Gasteiger partial charge in [0, 0.05) is 34.4 Å². The van der Waals surface area contributed by atoms with Crippen molar-refractivity contribution in [2.45, 2.75) is 6.92 Å². The number of pyridine rings is 1. The second-order valence-corrected chi connectivity index (χ2v) is 7.80. The highest BCUT2D eigenvalue weighted by molar-refractivity contribution is 7.15. The summed E-state index contributed by atoms with van der Waals surface area (Å²) in [7, 11) is 1.62. The third kappa shape index (κ3) is 3.29. The van der Waals surface area contributed by atoms with E-state index in [1.807, 2.05) is 77.6 Å². The first-order valence-corrected chi connectivity index (χ1v) is 10.3. The lowest BCUT2D eigenvalue weighted by Gasteiger charge is -2.10. The number of rotatable bonds is 4. The first kappa shape index (κ1) is 18.3. The summed E-state index contributed by atoms with van der Waals surface area (Å²) in [5.74, 6) is 0.536. The molecule has 6 nitrogen and oxygen atoms in total. The molecule has 0 saturated carbocycles. The monoisotopic (exact) mass is 414 g/mol. The van der Waals surface area contributed by atoms with E-state index in [1.54, 1.807) is 18.4 Å². The third-order valence-corrected chi connectivity index (χ3v) is 5.76. The molecule has 0 spiro atoms. The third-order valence-electron chi connectivity index (χ3n) is 4.99. The van der Waals surface area contributed by atoms with Gasteiger partial charge in [-0.05, 0) is 43.3 Å². The number of hydrogen-bond acceptors (Lipinski definition) is 5. The molecule has 0 aliphatic heterocycles. The minimum absolute atomic E-state index is 0.194. The molecule has 1 N–H and O–H groups in total. The SMILES string of the molecule is COc1ccc2nc(C)c(C(=O)Nc3ccc(-c4cn5ccsc5n4)cc3)cc2c1. The van der Waals surface area contributed by atoms with Crippen LogP contribution in [0.25, 0.3) is 27.1 Å². The fraction of sp³-hybridized carbons (Fsp3) is 0.0870. The van der Waals surface area contributed by atoms with Crippen LogP contribution in [0.3, 0.4) is 0 Å². The molecule has 148 valence electrons. The van der Waals surface area contributed by atoms with Gasteiger partial charge in [0.25, 0.3) is 5.91 Å². The Morgan fingerprint density at radius 1 is 1.10 bits per heavy atom. The molecule has 0 aliphatic rings. The Kier molecular flexibility index (Phi) is 4.44. The van der Waals surface area contributed by atoms with E-state index >= 15 is 0 Å². The predicted molar refractivity (Wildman–Crippen MR) is 119 cm³/mol. The first-order chi connectivity index (χ1) is 14.6. The Balaban J connectivity index is 1.39. The predicted octanol–water partition coefficient (Wildman–Crippen LogP) is 5.18. The lowest BCUT2D eigenvalue weighted by molar-refractivity contribution is 0.102. The molecule has 2 aromatic carbocycles. The van der Waals surface area contributed by atoms with Gasteiger partial charge >= 0.3 is 0 Å². The van der Waals surface area contributed by atoms with Gasteiger partial charge in [0.15, 0.2) is 4.96 Å². The molecule has 0 bridgehead atoms. The van der Waals surface area contributed by atoms with Gasteiger partial charge in [-0.2, -0.15) is 0 Å². The number of nitrogens with zero attached hydrogens (tertiary/aromatic N) is 3. The van der Waals surface area contributed by atoms with E-state index < -0.39 is 0 Å². The highest BCUT2D eigenvalue weighted by atomic mass is 32.1. The second kappa shape index (κ2) is 7.27. The highest BCUT2D eigenvalue weighted by Gasteiger charge is 2.13. The van der Waals surface area contributed by atoms with Gasteiger partial charge < -0.3 is 10.1 Å². The number of anilines is 1. The van der Waals surface area contributed by atoms with Gasteiger partial charge in [-0.25, -0.2) is 4.98 Å². The minimum atomic E-state index is -0.194. The van der Waals surface area contributed by atoms with Gasteiger partial charge in [-0.1, -0.05) is 12.1 Å². The maximum atomic E-state index is 12.9. The molecule has 5 aromatic rings. The number of benzene rings is 2. The van der Waals surface area contributed by atoms with Crippen molar-refractivity contribution in [3.63, 3.8) is 0 Å². The molecule has 0 radical (unpaired) electrons. The maximum absolute atomic E-state index is 12.9. The van der Waals surface area contributed by atoms with Crippen LogP contribution in [0.1, 0.15) is 16.1 Å². The van der Waals surface area contributed by atoms with Gasteiger partial charge in [0.1, 0.15) is 5.75 Å². The fourth-order valence-electron chi connectivity index (χ4n) is 3.40. The maximum Gasteiger partial charge on any atom is 0.257 e. The summed E-state index contributed by atoms with van der Waals surface area (Å²) >= 11 is 1.60. The average Bonchev–Trinajstić information content (AvgIpc) is 3.36. The number of aromatic nitrogens is 3. The summed E-state index contributed by atoms with van der Waals surface area (Å²) in [6.07, 6.45) is 3.98. The van der Waals surface area contributed by atoms with Crippen molar-refractivity contribution in [2.75, 3.05) is 12.4 Å². The van der Waals surface area contributed by atoms with Crippen LogP contribution in [0.5, 0.6) is 5.75 Å². The lowest BCUT2D eigenvalue weighted by atomic mass is 10.1. The minimum Gasteiger partial charge on any atom is -0.497 e. The molecular formula is C23H18N4O2S. The number of thiazole rings is 1. The van der Waals surface area contributed by atoms with Gasteiger partial charge in [-0.15, -0.1) is 11.3 Å². The van der Waals surface area contributed by atoms with Crippen LogP contribution in [-0.4, -0.2) is 27.4 Å². The van der Waals surface area contributed by atoms with Gasteiger partial charge in [0.05, 0.1) is 29.6 Å². The molecule has 0 fully saturated rings. The number of carbonyl (C=O) groups excluding carboxylic acids is 1. The van der Waals surface area contributed by atoms with Gasteiger partial charge in [0.2, 0.25) is 0 Å². The Bertz CT molecular complexity index is 1360. The molecular weight excluding hydrogens is 396 g/mol. The van der Waals surface area contributed by atoms with Crippen molar-refractivity contribution in [3.8, 4) is 17.0 Å². The molecule has 0 saturated heterocycles. The van der Waals surface area contributed by atoms with Crippen molar-refractivity contribution in [1.82, 2.24) is 14.4 Å². The van der Waals surface area contributed by atoms with E-state index in [0.717, 1.165) is 38.6 Å². The van der Waals surface area contributed by atoms with Crippen LogP contribution in [0, 0.1) is 6.92 Å². The topological polar surface area (TPSA) is 68.5 Å². The summed E-state index contributed by atoms with van der Waals surface area (Å²) in [6.45, 7) is 1.84. The van der Waals surface area contributed by atoms with Crippen molar-refractivity contribution in [2.24, 2.45) is 0 Å². The summed E-state index contributed by atoms with van der Waals surface area (Å²) in [4.78, 5) is 23.0. The Morgan fingerprint density at radius 2 is 1.93 bits per heavy atom. The molecule has 0 aliphatic carbocycles. The summed E-state index contributed by atoms with van der Waals surface area (Å²) in [5, 5.41) is 5.82. The van der Waals surface area contributed by atoms with E-state index in [4.69, 9.17) is 4.74 Å².